The van der Waals surface area contributed by atoms with E-state index < -0.39 is 49.7 Å². The molecule has 1 unspecified atom stereocenters. The Morgan fingerprint density at radius 3 is 2.28 bits per heavy atom. The summed E-state index contributed by atoms with van der Waals surface area (Å²) in [4.78, 5) is 9.44. The zero-order valence-corrected chi connectivity index (χ0v) is 15.7. The molecular weight excluding hydrogens is 389 g/mol. The van der Waals surface area contributed by atoms with E-state index in [1.165, 1.54) is 0 Å². The number of esters is 1. The monoisotopic (exact) mass is 409 g/mol. The number of hydrogen-bond acceptors (Lipinski definition) is 4. The van der Waals surface area contributed by atoms with Crippen molar-refractivity contribution in [2.75, 3.05) is 7.11 Å². The lowest BCUT2D eigenvalue weighted by atomic mass is 10.1. The highest BCUT2D eigenvalue weighted by molar-refractivity contribution is 8.45. The maximum absolute atomic E-state index is 13.0. The fourth-order valence-corrected chi connectivity index (χ4v) is 3.28. The van der Waals surface area contributed by atoms with Crippen molar-refractivity contribution in [2.45, 2.75) is 42.9 Å². The first-order valence-electron chi connectivity index (χ1n) is 7.03. The van der Waals surface area contributed by atoms with Gasteiger partial charge in [0.25, 0.3) is 0 Å². The van der Waals surface area contributed by atoms with Crippen LogP contribution in [0.2, 0.25) is 0 Å². The SMILES string of the molecule is COC(=O)C[C@H](N[S+]([O-])C(C)(C)C)c1cccc(S(F)(F)(F)(F)F)c1. The molecule has 0 saturated heterocycles. The van der Waals surface area contributed by atoms with Crippen LogP contribution in [0, 0.1) is 0 Å². The molecule has 0 bridgehead atoms. The van der Waals surface area contributed by atoms with Crippen LogP contribution in [0.3, 0.4) is 0 Å². The molecule has 0 heterocycles. The van der Waals surface area contributed by atoms with Crippen LogP contribution < -0.4 is 4.72 Å². The van der Waals surface area contributed by atoms with Crippen LogP contribution in [0.5, 0.6) is 0 Å². The van der Waals surface area contributed by atoms with E-state index in [0.717, 1.165) is 19.2 Å². The Labute approximate surface area is 146 Å². The fourth-order valence-electron chi connectivity index (χ4n) is 1.75. The lowest BCUT2D eigenvalue weighted by Crippen LogP contribution is -2.42. The Morgan fingerprint density at radius 2 is 1.84 bits per heavy atom. The lowest BCUT2D eigenvalue weighted by Gasteiger charge is -2.40. The number of benzene rings is 1. The molecule has 0 amide bonds. The molecule has 2 atom stereocenters. The van der Waals surface area contributed by atoms with Crippen molar-refractivity contribution >= 4 is 27.6 Å². The third-order valence-corrected chi connectivity index (χ3v) is 5.87. The smallest absolute Gasteiger partial charge is 0.310 e. The second kappa shape index (κ2) is 6.29. The zero-order chi connectivity index (χ0) is 19.7. The molecule has 1 aromatic carbocycles. The molecule has 0 radical (unpaired) electrons. The van der Waals surface area contributed by atoms with E-state index in [-0.39, 0.29) is 17.7 Å². The van der Waals surface area contributed by atoms with Crippen molar-refractivity contribution in [1.29, 1.82) is 0 Å². The predicted molar refractivity (Wildman–Crippen MR) is 88.2 cm³/mol. The van der Waals surface area contributed by atoms with E-state index in [9.17, 15) is 28.8 Å². The van der Waals surface area contributed by atoms with Gasteiger partial charge in [-0.15, -0.1) is 4.72 Å². The molecule has 0 aliphatic heterocycles. The summed E-state index contributed by atoms with van der Waals surface area (Å²) in [6, 6.07) is 1.30. The summed E-state index contributed by atoms with van der Waals surface area (Å²) in [5, 5.41) is 0. The normalized spacial score (nSPS) is 18.0. The number of nitrogens with one attached hydrogen (secondary N) is 1. The van der Waals surface area contributed by atoms with E-state index >= 15 is 0 Å². The van der Waals surface area contributed by atoms with E-state index in [2.05, 4.69) is 9.46 Å². The number of carbonyl (C=O) groups is 1. The second-order valence-electron chi connectivity index (χ2n) is 6.37. The quantitative estimate of drug-likeness (QED) is 0.408. The molecule has 1 N–H and O–H groups in total. The predicted octanol–water partition coefficient (Wildman–Crippen LogP) is 5.00. The Balaban J connectivity index is 3.30. The third-order valence-electron chi connectivity index (χ3n) is 3.11. The molecule has 0 aliphatic carbocycles. The van der Waals surface area contributed by atoms with Crippen LogP contribution in [-0.2, 0) is 20.9 Å². The average molecular weight is 409 g/mol. The van der Waals surface area contributed by atoms with Gasteiger partial charge in [0.05, 0.1) is 19.6 Å². The van der Waals surface area contributed by atoms with Gasteiger partial charge in [-0.25, -0.2) is 0 Å². The van der Waals surface area contributed by atoms with E-state index in [1.54, 1.807) is 20.8 Å². The van der Waals surface area contributed by atoms with Crippen LogP contribution in [0.1, 0.15) is 38.8 Å². The Kier molecular flexibility index (Phi) is 5.53. The lowest BCUT2D eigenvalue weighted by molar-refractivity contribution is -0.141. The molecule has 11 heteroatoms. The van der Waals surface area contributed by atoms with Gasteiger partial charge < -0.3 is 9.29 Å². The van der Waals surface area contributed by atoms with Gasteiger partial charge in [-0.2, -0.15) is 0 Å². The van der Waals surface area contributed by atoms with Crippen LogP contribution in [0.25, 0.3) is 0 Å². The molecule has 0 spiro atoms. The summed E-state index contributed by atoms with van der Waals surface area (Å²) in [6.45, 7) is 4.82. The summed E-state index contributed by atoms with van der Waals surface area (Å²) < 4.78 is 83.4. The Morgan fingerprint density at radius 1 is 1.28 bits per heavy atom. The van der Waals surface area contributed by atoms with E-state index in [1.807, 2.05) is 0 Å². The Hall–Kier alpha value is -1.04. The maximum Gasteiger partial charge on any atom is 0.310 e. The zero-order valence-electron chi connectivity index (χ0n) is 14.0. The van der Waals surface area contributed by atoms with Crippen LogP contribution >= 0.6 is 10.2 Å². The van der Waals surface area contributed by atoms with Gasteiger partial charge in [0.1, 0.15) is 9.64 Å². The summed E-state index contributed by atoms with van der Waals surface area (Å²) in [7, 11) is -8.79. The molecule has 0 saturated carbocycles. The highest BCUT2D eigenvalue weighted by Gasteiger charge is 2.65. The molecule has 1 rings (SSSR count). The summed E-state index contributed by atoms with van der Waals surface area (Å²) in [6.07, 6.45) is -0.470. The summed E-state index contributed by atoms with van der Waals surface area (Å²) in [5.41, 5.74) is -0.242. The number of hydrogen-bond donors (Lipinski definition) is 1. The Bertz CT molecular complexity index is 646. The summed E-state index contributed by atoms with van der Waals surface area (Å²) >= 11 is -1.75. The first kappa shape index (κ1) is 22.0. The van der Waals surface area contributed by atoms with Gasteiger partial charge in [0.15, 0.2) is 0 Å². The minimum Gasteiger partial charge on any atom is -0.598 e. The number of halogens is 5. The number of carbonyl (C=O) groups excluding carboxylic acids is 1. The van der Waals surface area contributed by atoms with Crippen molar-refractivity contribution in [3.05, 3.63) is 29.8 Å². The number of ether oxygens (including phenoxy) is 1. The minimum atomic E-state index is -9.87. The van der Waals surface area contributed by atoms with Crippen LogP contribution in [0.4, 0.5) is 19.4 Å². The van der Waals surface area contributed by atoms with Crippen molar-refractivity contribution in [2.24, 2.45) is 0 Å². The molecule has 4 nitrogen and oxygen atoms in total. The van der Waals surface area contributed by atoms with Gasteiger partial charge in [0, 0.05) is 11.4 Å². The molecule has 0 aromatic heterocycles. The molecule has 0 aliphatic rings. The van der Waals surface area contributed by atoms with E-state index in [0.29, 0.717) is 0 Å². The van der Waals surface area contributed by atoms with Gasteiger partial charge in [0.2, 0.25) is 0 Å². The molecule has 0 fully saturated rings. The maximum atomic E-state index is 13.0. The van der Waals surface area contributed by atoms with E-state index in [4.69, 9.17) is 0 Å². The third kappa shape index (κ3) is 6.65. The molecular formula is C14H20F5NO3S2. The van der Waals surface area contributed by atoms with Crippen molar-refractivity contribution < 1.29 is 33.5 Å². The number of rotatable bonds is 6. The van der Waals surface area contributed by atoms with Crippen LogP contribution in [0.15, 0.2) is 29.2 Å². The second-order valence-corrected chi connectivity index (χ2v) is 10.8. The number of methoxy groups -OCH3 is 1. The molecule has 1 aromatic rings. The topological polar surface area (TPSA) is 61.4 Å². The van der Waals surface area contributed by atoms with Crippen molar-refractivity contribution in [3.8, 4) is 0 Å². The standard InChI is InChI=1S/C14H20F5NO3S2/c1-14(2,3)24(22)20-12(9-13(21)23-4)10-6-5-7-11(8-10)25(15,16,17,18)19/h5-8,12,20H,9H2,1-4H3/t12-,24?/m0/s1. The van der Waals surface area contributed by atoms with Gasteiger partial charge in [-0.05, 0) is 38.5 Å². The largest absolute Gasteiger partial charge is 0.598 e. The van der Waals surface area contributed by atoms with Gasteiger partial charge in [-0.1, -0.05) is 31.6 Å². The molecule has 25 heavy (non-hydrogen) atoms. The highest BCUT2D eigenvalue weighted by Crippen LogP contribution is 3.02. The minimum absolute atomic E-state index is 0.242. The fraction of sp³-hybridized carbons (Fsp3) is 0.500. The molecule has 146 valence electrons. The van der Waals surface area contributed by atoms with Gasteiger partial charge in [-0.3, -0.25) is 4.79 Å². The average Bonchev–Trinajstić information content (AvgIpc) is 2.43. The summed E-state index contributed by atoms with van der Waals surface area (Å²) in [5.74, 6) is -0.791. The van der Waals surface area contributed by atoms with Crippen LogP contribution in [-0.4, -0.2) is 22.4 Å². The first-order chi connectivity index (χ1) is 10.9. The van der Waals surface area contributed by atoms with Gasteiger partial charge >= 0.3 is 16.2 Å². The first-order valence-corrected chi connectivity index (χ1v) is 10.1. The highest BCUT2D eigenvalue weighted by atomic mass is 32.5. The van der Waals surface area contributed by atoms with Crippen molar-refractivity contribution in [3.63, 3.8) is 0 Å². The van der Waals surface area contributed by atoms with Crippen molar-refractivity contribution in [1.82, 2.24) is 4.72 Å².